The van der Waals surface area contributed by atoms with E-state index in [0.717, 1.165) is 17.1 Å². The highest BCUT2D eigenvalue weighted by molar-refractivity contribution is 7.80. The van der Waals surface area contributed by atoms with Crippen molar-refractivity contribution >= 4 is 29.0 Å². The predicted molar refractivity (Wildman–Crippen MR) is 131 cm³/mol. The van der Waals surface area contributed by atoms with Crippen LogP contribution in [0.4, 0.5) is 10.1 Å². The standard InChI is InChI=1S/C26H21FN4O2S/c1-33-25(32)17-8-6-9-18(16-17)30-15-7-13-22(30)24-23(20-11-4-5-14-28-20)29-26(34)31(24)21-12-3-2-10-19(21)27/h2-16,23-24H,1H3,(H,29,34)/t23-,24+/m0/s1. The number of pyridine rings is 1. The fraction of sp³-hybridized carbons (Fsp3) is 0.115. The molecule has 1 aliphatic rings. The Balaban J connectivity index is 1.67. The van der Waals surface area contributed by atoms with Crippen molar-refractivity contribution in [1.82, 2.24) is 14.9 Å². The Morgan fingerprint density at radius 2 is 1.88 bits per heavy atom. The van der Waals surface area contributed by atoms with Crippen LogP contribution in [0.15, 0.2) is 91.3 Å². The summed E-state index contributed by atoms with van der Waals surface area (Å²) in [7, 11) is 1.35. The maximum atomic E-state index is 15.0. The molecule has 0 aliphatic carbocycles. The molecule has 34 heavy (non-hydrogen) atoms. The van der Waals surface area contributed by atoms with E-state index in [9.17, 15) is 9.18 Å². The normalized spacial score (nSPS) is 17.5. The number of para-hydroxylation sites is 1. The number of ether oxygens (including phenoxy) is 1. The minimum absolute atomic E-state index is 0.328. The number of hydrogen-bond donors (Lipinski definition) is 1. The van der Waals surface area contributed by atoms with Gasteiger partial charge in [0.1, 0.15) is 11.9 Å². The second kappa shape index (κ2) is 9.07. The molecule has 2 atom stereocenters. The van der Waals surface area contributed by atoms with Gasteiger partial charge < -0.3 is 19.5 Å². The molecular weight excluding hydrogens is 451 g/mol. The molecule has 1 aliphatic heterocycles. The van der Waals surface area contributed by atoms with Gasteiger partial charge in [-0.3, -0.25) is 4.98 Å². The smallest absolute Gasteiger partial charge is 0.337 e. The summed E-state index contributed by atoms with van der Waals surface area (Å²) in [5.74, 6) is -0.789. The van der Waals surface area contributed by atoms with E-state index in [0.29, 0.717) is 16.4 Å². The molecule has 170 valence electrons. The third kappa shape index (κ3) is 3.82. The number of esters is 1. The first-order chi connectivity index (χ1) is 16.6. The molecule has 0 amide bonds. The van der Waals surface area contributed by atoms with Crippen molar-refractivity contribution in [2.45, 2.75) is 12.1 Å². The molecule has 2 aromatic carbocycles. The minimum Gasteiger partial charge on any atom is -0.465 e. The number of carbonyl (C=O) groups is 1. The van der Waals surface area contributed by atoms with E-state index in [1.807, 2.05) is 47.2 Å². The summed E-state index contributed by atoms with van der Waals surface area (Å²) in [5.41, 5.74) is 3.22. The van der Waals surface area contributed by atoms with Crippen LogP contribution in [-0.4, -0.2) is 27.7 Å². The molecule has 6 nitrogen and oxygen atoms in total. The summed E-state index contributed by atoms with van der Waals surface area (Å²) in [6.07, 6.45) is 3.63. The molecule has 1 fully saturated rings. The van der Waals surface area contributed by atoms with Crippen LogP contribution in [0.1, 0.15) is 33.8 Å². The maximum Gasteiger partial charge on any atom is 0.337 e. The van der Waals surface area contributed by atoms with E-state index < -0.39 is 12.0 Å². The van der Waals surface area contributed by atoms with Gasteiger partial charge >= 0.3 is 5.97 Å². The highest BCUT2D eigenvalue weighted by atomic mass is 32.1. The summed E-state index contributed by atoms with van der Waals surface area (Å²) >= 11 is 5.69. The van der Waals surface area contributed by atoms with Gasteiger partial charge in [-0.05, 0) is 66.8 Å². The molecule has 0 unspecified atom stereocenters. The van der Waals surface area contributed by atoms with Crippen molar-refractivity contribution in [3.8, 4) is 5.69 Å². The lowest BCUT2D eigenvalue weighted by atomic mass is 10.0. The zero-order valence-corrected chi connectivity index (χ0v) is 19.1. The van der Waals surface area contributed by atoms with E-state index in [4.69, 9.17) is 17.0 Å². The van der Waals surface area contributed by atoms with E-state index in [2.05, 4.69) is 10.3 Å². The average Bonchev–Trinajstić information content (AvgIpc) is 3.49. The second-order valence-corrected chi connectivity index (χ2v) is 8.18. The molecule has 8 heteroatoms. The van der Waals surface area contributed by atoms with E-state index in [1.165, 1.54) is 13.2 Å². The molecule has 4 aromatic rings. The minimum atomic E-state index is -0.418. The predicted octanol–water partition coefficient (Wildman–Crippen LogP) is 4.98. The van der Waals surface area contributed by atoms with Crippen molar-refractivity contribution in [3.05, 3.63) is 114 Å². The lowest BCUT2D eigenvalue weighted by molar-refractivity contribution is 0.0600. The number of rotatable bonds is 5. The van der Waals surface area contributed by atoms with E-state index in [1.54, 1.807) is 47.5 Å². The van der Waals surface area contributed by atoms with E-state index >= 15 is 0 Å². The van der Waals surface area contributed by atoms with Gasteiger partial charge in [0.25, 0.3) is 0 Å². The van der Waals surface area contributed by atoms with E-state index in [-0.39, 0.29) is 11.9 Å². The van der Waals surface area contributed by atoms with Crippen molar-refractivity contribution in [2.24, 2.45) is 0 Å². The molecule has 0 saturated carbocycles. The number of nitrogens with zero attached hydrogens (tertiary/aromatic N) is 3. The number of benzene rings is 2. The number of methoxy groups -OCH3 is 1. The van der Waals surface area contributed by atoms with Crippen molar-refractivity contribution in [3.63, 3.8) is 0 Å². The number of thiocarbonyl (C=S) groups is 1. The molecule has 1 saturated heterocycles. The van der Waals surface area contributed by atoms with Gasteiger partial charge in [-0.25, -0.2) is 9.18 Å². The summed E-state index contributed by atoms with van der Waals surface area (Å²) < 4.78 is 21.8. The Hall–Kier alpha value is -4.04. The van der Waals surface area contributed by atoms with Crippen molar-refractivity contribution in [1.29, 1.82) is 0 Å². The fourth-order valence-electron chi connectivity index (χ4n) is 4.33. The SMILES string of the molecule is COC(=O)c1cccc(-n2cccc2[C@@H]2[C@H](c3ccccn3)NC(=S)N2c2ccccc2F)c1. The first kappa shape index (κ1) is 21.8. The van der Waals surface area contributed by atoms with Crippen LogP contribution in [0.3, 0.4) is 0 Å². The quantitative estimate of drug-likeness (QED) is 0.327. The highest BCUT2D eigenvalue weighted by Gasteiger charge is 2.43. The van der Waals surface area contributed by atoms with Crippen LogP contribution in [0.2, 0.25) is 0 Å². The Morgan fingerprint density at radius 3 is 2.65 bits per heavy atom. The first-order valence-electron chi connectivity index (χ1n) is 10.7. The molecule has 2 aromatic heterocycles. The van der Waals surface area contributed by atoms with Crippen LogP contribution in [0.5, 0.6) is 0 Å². The molecule has 1 N–H and O–H groups in total. The lowest BCUT2D eigenvalue weighted by Gasteiger charge is -2.29. The van der Waals surface area contributed by atoms with Crippen LogP contribution >= 0.6 is 12.2 Å². The van der Waals surface area contributed by atoms with Crippen LogP contribution in [0, 0.1) is 5.82 Å². The molecular formula is C26H21FN4O2S. The number of carbonyl (C=O) groups excluding carboxylic acids is 1. The zero-order chi connectivity index (χ0) is 23.7. The van der Waals surface area contributed by atoms with Gasteiger partial charge in [-0.2, -0.15) is 0 Å². The zero-order valence-electron chi connectivity index (χ0n) is 18.3. The number of nitrogens with one attached hydrogen (secondary N) is 1. The summed E-state index contributed by atoms with van der Waals surface area (Å²) in [5, 5.41) is 3.75. The largest absolute Gasteiger partial charge is 0.465 e. The van der Waals surface area contributed by atoms with Gasteiger partial charge in [0, 0.05) is 23.8 Å². The Labute approximate surface area is 201 Å². The van der Waals surface area contributed by atoms with Crippen LogP contribution < -0.4 is 10.2 Å². The van der Waals surface area contributed by atoms with Crippen molar-refractivity contribution < 1.29 is 13.9 Å². The Bertz CT molecular complexity index is 1360. The van der Waals surface area contributed by atoms with Gasteiger partial charge in [-0.1, -0.05) is 24.3 Å². The van der Waals surface area contributed by atoms with Crippen LogP contribution in [0.25, 0.3) is 5.69 Å². The maximum absolute atomic E-state index is 15.0. The molecule has 0 radical (unpaired) electrons. The number of halogens is 1. The first-order valence-corrected chi connectivity index (χ1v) is 11.1. The monoisotopic (exact) mass is 472 g/mol. The molecule has 0 bridgehead atoms. The molecule has 0 spiro atoms. The summed E-state index contributed by atoms with van der Waals surface area (Å²) in [6, 6.07) is 22.6. The third-order valence-electron chi connectivity index (χ3n) is 5.84. The number of anilines is 1. The van der Waals surface area contributed by atoms with Gasteiger partial charge in [0.15, 0.2) is 5.11 Å². The fourth-order valence-corrected chi connectivity index (χ4v) is 4.67. The highest BCUT2D eigenvalue weighted by Crippen LogP contribution is 2.42. The molecule has 5 rings (SSSR count). The second-order valence-electron chi connectivity index (χ2n) is 7.79. The molecule has 3 heterocycles. The summed E-state index contributed by atoms with van der Waals surface area (Å²) in [6.45, 7) is 0. The van der Waals surface area contributed by atoms with Gasteiger partial charge in [-0.15, -0.1) is 0 Å². The van der Waals surface area contributed by atoms with Gasteiger partial charge in [0.05, 0.1) is 30.1 Å². The summed E-state index contributed by atoms with van der Waals surface area (Å²) in [4.78, 5) is 18.4. The van der Waals surface area contributed by atoms with Gasteiger partial charge in [0.2, 0.25) is 0 Å². The Morgan fingerprint density at radius 1 is 1.06 bits per heavy atom. The van der Waals surface area contributed by atoms with Crippen molar-refractivity contribution in [2.75, 3.05) is 12.0 Å². The topological polar surface area (TPSA) is 59.4 Å². The third-order valence-corrected chi connectivity index (χ3v) is 6.15. The lowest BCUT2D eigenvalue weighted by Crippen LogP contribution is -2.31. The Kier molecular flexibility index (Phi) is 5.81. The average molecular weight is 473 g/mol. The van der Waals surface area contributed by atoms with Crippen LogP contribution in [-0.2, 0) is 4.74 Å². The number of hydrogen-bond acceptors (Lipinski definition) is 4. The number of aromatic nitrogens is 2.